The van der Waals surface area contributed by atoms with Crippen molar-refractivity contribution in [2.24, 2.45) is 0 Å². The van der Waals surface area contributed by atoms with Crippen LogP contribution >= 0.6 is 11.8 Å². The third kappa shape index (κ3) is 5.89. The SMILES string of the molecule is COc1ccc(C(=O)NCc2nnc(SCC(=O)N3CCCc4ccccc43)n2Cc2ccccc2)cc1. The molecule has 38 heavy (non-hydrogen) atoms. The second-order valence-corrected chi connectivity index (χ2v) is 9.89. The molecule has 1 N–H and O–H groups in total. The minimum atomic E-state index is -0.213. The number of hydrogen-bond acceptors (Lipinski definition) is 6. The van der Waals surface area contributed by atoms with E-state index in [0.29, 0.717) is 28.8 Å². The van der Waals surface area contributed by atoms with Crippen LogP contribution < -0.4 is 15.0 Å². The number of fused-ring (bicyclic) bond motifs is 1. The molecule has 3 aromatic carbocycles. The number of thioether (sulfide) groups is 1. The van der Waals surface area contributed by atoms with E-state index in [4.69, 9.17) is 4.74 Å². The Morgan fingerprint density at radius 3 is 2.53 bits per heavy atom. The number of rotatable bonds is 9. The molecular formula is C29H29N5O3S. The summed E-state index contributed by atoms with van der Waals surface area (Å²) in [4.78, 5) is 27.8. The maximum absolute atomic E-state index is 13.2. The number of methoxy groups -OCH3 is 1. The number of carbonyl (C=O) groups is 2. The zero-order valence-electron chi connectivity index (χ0n) is 21.2. The summed E-state index contributed by atoms with van der Waals surface area (Å²) in [5.41, 5.74) is 3.81. The van der Waals surface area contributed by atoms with Gasteiger partial charge < -0.3 is 19.5 Å². The van der Waals surface area contributed by atoms with Gasteiger partial charge in [-0.15, -0.1) is 10.2 Å². The summed E-state index contributed by atoms with van der Waals surface area (Å²) in [5.74, 6) is 1.39. The third-order valence-electron chi connectivity index (χ3n) is 6.47. The zero-order valence-corrected chi connectivity index (χ0v) is 22.0. The first-order valence-electron chi connectivity index (χ1n) is 12.5. The molecule has 0 unspecified atom stereocenters. The summed E-state index contributed by atoms with van der Waals surface area (Å²) in [7, 11) is 1.59. The lowest BCUT2D eigenvalue weighted by molar-refractivity contribution is -0.116. The minimum Gasteiger partial charge on any atom is -0.497 e. The Hall–Kier alpha value is -4.11. The second kappa shape index (κ2) is 12.0. The number of amides is 2. The molecule has 1 aliphatic heterocycles. The molecule has 0 radical (unpaired) electrons. The summed E-state index contributed by atoms with van der Waals surface area (Å²) in [6.07, 6.45) is 1.94. The smallest absolute Gasteiger partial charge is 0.251 e. The van der Waals surface area contributed by atoms with Crippen molar-refractivity contribution in [2.45, 2.75) is 31.1 Å². The minimum absolute atomic E-state index is 0.0470. The standard InChI is InChI=1S/C29H29N5O3S/c1-37-24-15-13-23(14-16-24)28(36)30-18-26-31-32-29(34(26)19-21-8-3-2-4-9-21)38-20-27(35)33-17-7-11-22-10-5-6-12-25(22)33/h2-6,8-10,12-16H,7,11,17-20H2,1H3,(H,30,36). The van der Waals surface area contributed by atoms with Crippen LogP contribution in [0.4, 0.5) is 5.69 Å². The van der Waals surface area contributed by atoms with Crippen LogP contribution in [-0.2, 0) is 24.3 Å². The predicted octanol–water partition coefficient (Wildman–Crippen LogP) is 4.34. The quantitative estimate of drug-likeness (QED) is 0.326. The van der Waals surface area contributed by atoms with Crippen LogP contribution in [0.15, 0.2) is 84.0 Å². The number of aryl methyl sites for hydroxylation is 1. The molecule has 194 valence electrons. The molecule has 5 rings (SSSR count). The number of nitrogens with zero attached hydrogens (tertiary/aromatic N) is 4. The lowest BCUT2D eigenvalue weighted by Gasteiger charge is -2.29. The summed E-state index contributed by atoms with van der Waals surface area (Å²) in [6, 6.07) is 25.0. The maximum Gasteiger partial charge on any atom is 0.251 e. The fourth-order valence-corrected chi connectivity index (χ4v) is 5.31. The summed E-state index contributed by atoms with van der Waals surface area (Å²) in [5, 5.41) is 12.3. The number of carbonyl (C=O) groups excluding carboxylic acids is 2. The maximum atomic E-state index is 13.2. The van der Waals surface area contributed by atoms with Gasteiger partial charge >= 0.3 is 0 Å². The second-order valence-electron chi connectivity index (χ2n) is 8.95. The highest BCUT2D eigenvalue weighted by molar-refractivity contribution is 7.99. The van der Waals surface area contributed by atoms with Crippen molar-refractivity contribution in [3.05, 3.63) is 101 Å². The lowest BCUT2D eigenvalue weighted by atomic mass is 10.0. The van der Waals surface area contributed by atoms with E-state index in [1.54, 1.807) is 31.4 Å². The molecule has 0 bridgehead atoms. The van der Waals surface area contributed by atoms with Crippen molar-refractivity contribution in [3.8, 4) is 5.75 Å². The van der Waals surface area contributed by atoms with Crippen LogP contribution in [0.1, 0.15) is 33.7 Å². The van der Waals surface area contributed by atoms with E-state index in [9.17, 15) is 9.59 Å². The predicted molar refractivity (Wildman–Crippen MR) is 148 cm³/mol. The lowest BCUT2D eigenvalue weighted by Crippen LogP contribution is -2.36. The van der Waals surface area contributed by atoms with Crippen molar-refractivity contribution >= 4 is 29.3 Å². The Balaban J connectivity index is 1.30. The fraction of sp³-hybridized carbons (Fsp3) is 0.241. The van der Waals surface area contributed by atoms with E-state index in [0.717, 1.165) is 30.6 Å². The number of benzene rings is 3. The summed E-state index contributed by atoms with van der Waals surface area (Å²) >= 11 is 1.37. The Bertz CT molecular complexity index is 1410. The average molecular weight is 528 g/mol. The number of aromatic nitrogens is 3. The fourth-order valence-electron chi connectivity index (χ4n) is 4.48. The molecule has 0 aliphatic carbocycles. The Labute approximate surface area is 226 Å². The molecule has 9 heteroatoms. The normalized spacial score (nSPS) is 12.6. The third-order valence-corrected chi connectivity index (χ3v) is 7.42. The number of para-hydroxylation sites is 1. The van der Waals surface area contributed by atoms with Crippen molar-refractivity contribution in [2.75, 3.05) is 24.3 Å². The molecule has 4 aromatic rings. The van der Waals surface area contributed by atoms with Gasteiger partial charge in [0.2, 0.25) is 5.91 Å². The monoisotopic (exact) mass is 527 g/mol. The molecule has 0 atom stereocenters. The number of hydrogen-bond donors (Lipinski definition) is 1. The molecule has 1 aromatic heterocycles. The summed E-state index contributed by atoms with van der Waals surface area (Å²) < 4.78 is 7.13. The van der Waals surface area contributed by atoms with Crippen molar-refractivity contribution in [3.63, 3.8) is 0 Å². The van der Waals surface area contributed by atoms with Crippen LogP contribution in [0.2, 0.25) is 0 Å². The molecule has 0 saturated heterocycles. The first-order chi connectivity index (χ1) is 18.6. The van der Waals surface area contributed by atoms with Crippen molar-refractivity contribution in [1.29, 1.82) is 0 Å². The molecule has 0 spiro atoms. The van der Waals surface area contributed by atoms with E-state index in [-0.39, 0.29) is 24.1 Å². The Kier molecular flexibility index (Phi) is 8.04. The van der Waals surface area contributed by atoms with Crippen molar-refractivity contribution < 1.29 is 14.3 Å². The number of anilines is 1. The van der Waals surface area contributed by atoms with E-state index in [1.807, 2.05) is 58.0 Å². The molecule has 2 amide bonds. The van der Waals surface area contributed by atoms with Crippen LogP contribution in [0.25, 0.3) is 0 Å². The number of ether oxygens (including phenoxy) is 1. The van der Waals surface area contributed by atoms with Crippen LogP contribution in [0.5, 0.6) is 5.75 Å². The molecule has 0 fully saturated rings. The van der Waals surface area contributed by atoms with E-state index in [1.165, 1.54) is 17.3 Å². The first kappa shape index (κ1) is 25.5. The van der Waals surface area contributed by atoms with Gasteiger partial charge in [0, 0.05) is 17.8 Å². The number of nitrogens with one attached hydrogen (secondary N) is 1. The van der Waals surface area contributed by atoms with Gasteiger partial charge in [0.05, 0.1) is 26.0 Å². The van der Waals surface area contributed by atoms with Gasteiger partial charge in [-0.1, -0.05) is 60.3 Å². The first-order valence-corrected chi connectivity index (χ1v) is 13.5. The van der Waals surface area contributed by atoms with Crippen LogP contribution in [0.3, 0.4) is 0 Å². The van der Waals surface area contributed by atoms with E-state index < -0.39 is 0 Å². The van der Waals surface area contributed by atoms with Gasteiger partial charge in [-0.25, -0.2) is 0 Å². The molecule has 2 heterocycles. The van der Waals surface area contributed by atoms with Gasteiger partial charge in [-0.2, -0.15) is 0 Å². The Morgan fingerprint density at radius 1 is 0.974 bits per heavy atom. The summed E-state index contributed by atoms with van der Waals surface area (Å²) in [6.45, 7) is 1.46. The molecular weight excluding hydrogens is 498 g/mol. The van der Waals surface area contributed by atoms with Crippen LogP contribution in [-0.4, -0.2) is 46.0 Å². The Morgan fingerprint density at radius 2 is 1.74 bits per heavy atom. The van der Waals surface area contributed by atoms with Gasteiger partial charge in [0.15, 0.2) is 11.0 Å². The zero-order chi connectivity index (χ0) is 26.3. The van der Waals surface area contributed by atoms with Gasteiger partial charge in [0.1, 0.15) is 5.75 Å². The molecule has 0 saturated carbocycles. The topological polar surface area (TPSA) is 89.3 Å². The van der Waals surface area contributed by atoms with Crippen LogP contribution in [0, 0.1) is 0 Å². The molecule has 1 aliphatic rings. The highest BCUT2D eigenvalue weighted by Gasteiger charge is 2.23. The van der Waals surface area contributed by atoms with Gasteiger partial charge in [0.25, 0.3) is 5.91 Å². The molecule has 8 nitrogen and oxygen atoms in total. The van der Waals surface area contributed by atoms with Crippen molar-refractivity contribution in [1.82, 2.24) is 20.1 Å². The van der Waals surface area contributed by atoms with E-state index in [2.05, 4.69) is 21.6 Å². The van der Waals surface area contributed by atoms with Gasteiger partial charge in [-0.3, -0.25) is 9.59 Å². The van der Waals surface area contributed by atoms with E-state index >= 15 is 0 Å². The average Bonchev–Trinajstić information content (AvgIpc) is 3.35. The largest absolute Gasteiger partial charge is 0.497 e. The highest BCUT2D eigenvalue weighted by Crippen LogP contribution is 2.28. The van der Waals surface area contributed by atoms with Gasteiger partial charge in [-0.05, 0) is 54.3 Å². The highest BCUT2D eigenvalue weighted by atomic mass is 32.2.